The molecule has 0 aliphatic rings. The molecule has 0 spiro atoms. The number of aliphatic carboxylic acids is 1. The van der Waals surface area contributed by atoms with Gasteiger partial charge in [-0.25, -0.2) is 9.48 Å². The standard InChI is InChI=1S/C13H16N4O4/c1-9(2)16(8-12(19)20)11(18)7-17-13(21)15-6-4-3-5-10(15)14-17/h3-6,9H,7-8H2,1-2H3,(H,19,20). The van der Waals surface area contributed by atoms with Crippen LogP contribution in [0.25, 0.3) is 5.65 Å². The summed E-state index contributed by atoms with van der Waals surface area (Å²) in [7, 11) is 0. The van der Waals surface area contributed by atoms with Gasteiger partial charge in [-0.15, -0.1) is 5.10 Å². The first-order chi connectivity index (χ1) is 9.90. The van der Waals surface area contributed by atoms with Gasteiger partial charge in [0.05, 0.1) is 0 Å². The summed E-state index contributed by atoms with van der Waals surface area (Å²) in [6, 6.07) is 4.80. The summed E-state index contributed by atoms with van der Waals surface area (Å²) in [5.41, 5.74) is 0.00242. The van der Waals surface area contributed by atoms with Crippen LogP contribution in [0, 0.1) is 0 Å². The summed E-state index contributed by atoms with van der Waals surface area (Å²) < 4.78 is 2.36. The van der Waals surface area contributed by atoms with Crippen molar-refractivity contribution in [1.82, 2.24) is 19.1 Å². The van der Waals surface area contributed by atoms with Crippen LogP contribution >= 0.6 is 0 Å². The Balaban J connectivity index is 2.26. The molecule has 0 aliphatic carbocycles. The van der Waals surface area contributed by atoms with Gasteiger partial charge in [0, 0.05) is 12.2 Å². The van der Waals surface area contributed by atoms with Gasteiger partial charge in [-0.1, -0.05) is 6.07 Å². The summed E-state index contributed by atoms with van der Waals surface area (Å²) >= 11 is 0. The molecule has 0 bridgehead atoms. The Bertz CT molecular complexity index is 731. The van der Waals surface area contributed by atoms with Crippen molar-refractivity contribution in [3.05, 3.63) is 34.9 Å². The maximum absolute atomic E-state index is 12.2. The molecule has 2 heterocycles. The number of aromatic nitrogens is 3. The smallest absolute Gasteiger partial charge is 0.350 e. The SMILES string of the molecule is CC(C)N(CC(=O)O)C(=O)Cn1nc2ccccn2c1=O. The lowest BCUT2D eigenvalue weighted by molar-refractivity contribution is -0.146. The molecule has 0 radical (unpaired) electrons. The van der Waals surface area contributed by atoms with Crippen LogP contribution < -0.4 is 5.69 Å². The van der Waals surface area contributed by atoms with Gasteiger partial charge >= 0.3 is 11.7 Å². The van der Waals surface area contributed by atoms with Crippen LogP contribution in [0.15, 0.2) is 29.2 Å². The zero-order chi connectivity index (χ0) is 15.6. The third-order valence-electron chi connectivity index (χ3n) is 3.02. The highest BCUT2D eigenvalue weighted by molar-refractivity contribution is 5.81. The fraction of sp³-hybridized carbons (Fsp3) is 0.385. The molecule has 0 aliphatic heterocycles. The van der Waals surface area contributed by atoms with E-state index in [4.69, 9.17) is 5.11 Å². The molecule has 8 nitrogen and oxygen atoms in total. The molecule has 0 unspecified atom stereocenters. The molecule has 1 N–H and O–H groups in total. The Hall–Kier alpha value is -2.64. The molecule has 2 aromatic rings. The fourth-order valence-electron chi connectivity index (χ4n) is 1.99. The van der Waals surface area contributed by atoms with Crippen LogP contribution in [0.4, 0.5) is 0 Å². The van der Waals surface area contributed by atoms with Crippen LogP contribution in [-0.4, -0.2) is 48.7 Å². The van der Waals surface area contributed by atoms with E-state index in [0.717, 1.165) is 4.68 Å². The first-order valence-electron chi connectivity index (χ1n) is 6.45. The summed E-state index contributed by atoms with van der Waals surface area (Å²) in [4.78, 5) is 36.2. The third kappa shape index (κ3) is 3.10. The maximum atomic E-state index is 12.2. The number of carboxylic acid groups (broad SMARTS) is 1. The van der Waals surface area contributed by atoms with E-state index in [2.05, 4.69) is 5.10 Å². The van der Waals surface area contributed by atoms with Crippen LogP contribution in [0.1, 0.15) is 13.8 Å². The number of pyridine rings is 1. The van der Waals surface area contributed by atoms with Gasteiger partial charge in [0.25, 0.3) is 0 Å². The Morgan fingerprint density at radius 3 is 2.67 bits per heavy atom. The second kappa shape index (κ2) is 5.78. The van der Waals surface area contributed by atoms with Crippen LogP contribution in [0.5, 0.6) is 0 Å². The normalized spacial score (nSPS) is 11.0. The number of fused-ring (bicyclic) bond motifs is 1. The van der Waals surface area contributed by atoms with Crippen molar-refractivity contribution >= 4 is 17.5 Å². The van der Waals surface area contributed by atoms with E-state index >= 15 is 0 Å². The molecule has 0 saturated heterocycles. The zero-order valence-corrected chi connectivity index (χ0v) is 11.8. The molecule has 2 aromatic heterocycles. The van der Waals surface area contributed by atoms with E-state index < -0.39 is 24.1 Å². The number of rotatable bonds is 5. The Kier molecular flexibility index (Phi) is 4.06. The number of hydrogen-bond donors (Lipinski definition) is 1. The lowest BCUT2D eigenvalue weighted by Gasteiger charge is -2.24. The second-order valence-electron chi connectivity index (χ2n) is 4.88. The van der Waals surface area contributed by atoms with Crippen molar-refractivity contribution in [2.24, 2.45) is 0 Å². The quantitative estimate of drug-likeness (QED) is 0.824. The van der Waals surface area contributed by atoms with Gasteiger partial charge in [-0.3, -0.25) is 14.0 Å². The molecule has 1 amide bonds. The molecular formula is C13H16N4O4. The predicted octanol–water partition coefficient (Wildman–Crippen LogP) is -0.182. The topological polar surface area (TPSA) is 96.9 Å². The maximum Gasteiger partial charge on any atom is 0.350 e. The van der Waals surface area contributed by atoms with E-state index in [1.165, 1.54) is 9.30 Å². The molecule has 0 fully saturated rings. The lowest BCUT2D eigenvalue weighted by atomic mass is 10.3. The molecule has 0 saturated carbocycles. The first-order valence-corrected chi connectivity index (χ1v) is 6.45. The Morgan fingerprint density at radius 1 is 1.38 bits per heavy atom. The number of amides is 1. The second-order valence-corrected chi connectivity index (χ2v) is 4.88. The third-order valence-corrected chi connectivity index (χ3v) is 3.02. The summed E-state index contributed by atoms with van der Waals surface area (Å²) in [6.45, 7) is 2.74. The van der Waals surface area contributed by atoms with Crippen LogP contribution in [0.2, 0.25) is 0 Å². The minimum atomic E-state index is -1.10. The molecule has 0 atom stereocenters. The fourth-order valence-corrected chi connectivity index (χ4v) is 1.99. The highest BCUT2D eigenvalue weighted by Crippen LogP contribution is 2.01. The van der Waals surface area contributed by atoms with Gasteiger partial charge in [0.1, 0.15) is 13.1 Å². The average Bonchev–Trinajstić information content (AvgIpc) is 2.73. The minimum absolute atomic E-state index is 0.277. The molecule has 8 heteroatoms. The van der Waals surface area contributed by atoms with Crippen molar-refractivity contribution in [2.45, 2.75) is 26.4 Å². The van der Waals surface area contributed by atoms with Crippen LogP contribution in [-0.2, 0) is 16.1 Å². The largest absolute Gasteiger partial charge is 0.480 e. The Morgan fingerprint density at radius 2 is 2.10 bits per heavy atom. The van der Waals surface area contributed by atoms with E-state index in [1.807, 2.05) is 0 Å². The molecule has 2 rings (SSSR count). The summed E-state index contributed by atoms with van der Waals surface area (Å²) in [6.07, 6.45) is 1.56. The number of carbonyl (C=O) groups excluding carboxylic acids is 1. The molecule has 112 valence electrons. The molecular weight excluding hydrogens is 276 g/mol. The highest BCUT2D eigenvalue weighted by atomic mass is 16.4. The van der Waals surface area contributed by atoms with E-state index in [-0.39, 0.29) is 12.6 Å². The van der Waals surface area contributed by atoms with E-state index in [9.17, 15) is 14.4 Å². The monoisotopic (exact) mass is 292 g/mol. The number of carboxylic acids is 1. The van der Waals surface area contributed by atoms with E-state index in [0.29, 0.717) is 5.65 Å². The summed E-state index contributed by atoms with van der Waals surface area (Å²) in [5.74, 6) is -1.56. The van der Waals surface area contributed by atoms with Crippen molar-refractivity contribution in [2.75, 3.05) is 6.54 Å². The van der Waals surface area contributed by atoms with Crippen LogP contribution in [0.3, 0.4) is 0 Å². The zero-order valence-electron chi connectivity index (χ0n) is 11.8. The number of hydrogen-bond acceptors (Lipinski definition) is 4. The Labute approximate surface area is 120 Å². The van der Waals surface area contributed by atoms with Gasteiger partial charge in [-0.2, -0.15) is 0 Å². The van der Waals surface area contributed by atoms with E-state index in [1.54, 1.807) is 38.2 Å². The number of nitrogens with zero attached hydrogens (tertiary/aromatic N) is 4. The number of carbonyl (C=O) groups is 2. The van der Waals surface area contributed by atoms with Crippen molar-refractivity contribution in [1.29, 1.82) is 0 Å². The van der Waals surface area contributed by atoms with Crippen molar-refractivity contribution in [3.63, 3.8) is 0 Å². The molecule has 0 aromatic carbocycles. The lowest BCUT2D eigenvalue weighted by Crippen LogP contribution is -2.43. The van der Waals surface area contributed by atoms with Gasteiger partial charge in [0.2, 0.25) is 5.91 Å². The van der Waals surface area contributed by atoms with Gasteiger partial charge < -0.3 is 10.0 Å². The first kappa shape index (κ1) is 14.8. The highest BCUT2D eigenvalue weighted by Gasteiger charge is 2.21. The summed E-state index contributed by atoms with van der Waals surface area (Å²) in [5, 5.41) is 12.9. The van der Waals surface area contributed by atoms with Crippen molar-refractivity contribution in [3.8, 4) is 0 Å². The van der Waals surface area contributed by atoms with Crippen molar-refractivity contribution < 1.29 is 14.7 Å². The average molecular weight is 292 g/mol. The predicted molar refractivity (Wildman–Crippen MR) is 73.9 cm³/mol. The van der Waals surface area contributed by atoms with Gasteiger partial charge in [-0.05, 0) is 26.0 Å². The molecule has 21 heavy (non-hydrogen) atoms. The van der Waals surface area contributed by atoms with Gasteiger partial charge in [0.15, 0.2) is 5.65 Å². The minimum Gasteiger partial charge on any atom is -0.480 e.